The quantitative estimate of drug-likeness (QED) is 0.0414. The zero-order valence-electron chi connectivity index (χ0n) is 44.6. The first-order valence-corrected chi connectivity index (χ1v) is 29.3. The van der Waals surface area contributed by atoms with Gasteiger partial charge in [-0.2, -0.15) is 0 Å². The van der Waals surface area contributed by atoms with Crippen LogP contribution >= 0.6 is 0 Å². The Labute approximate surface area is 414 Å². The first-order chi connectivity index (χ1) is 32.6. The van der Waals surface area contributed by atoms with Crippen LogP contribution in [0.1, 0.15) is 316 Å². The van der Waals surface area contributed by atoms with Gasteiger partial charge in [0, 0.05) is 18.2 Å². The molecule has 3 N–H and O–H groups in total. The van der Waals surface area contributed by atoms with Gasteiger partial charge in [-0.3, -0.25) is 0 Å². The van der Waals surface area contributed by atoms with Gasteiger partial charge in [0.2, 0.25) is 0 Å². The molecule has 1 aliphatic rings. The molecule has 0 aliphatic heterocycles. The summed E-state index contributed by atoms with van der Waals surface area (Å²) in [7, 11) is 0. The van der Waals surface area contributed by atoms with E-state index in [1.54, 1.807) is 0 Å². The molecular weight excluding hydrogens is 829 g/mol. The van der Waals surface area contributed by atoms with E-state index in [4.69, 9.17) is 0 Å². The molecule has 6 nitrogen and oxygen atoms in total. The summed E-state index contributed by atoms with van der Waals surface area (Å²) < 4.78 is 0. The minimum Gasteiger partial charge on any atom is -0.478 e. The Morgan fingerprint density at radius 1 is 0.328 bits per heavy atom. The van der Waals surface area contributed by atoms with Crippen LogP contribution in [0.4, 0.5) is 0 Å². The predicted molar refractivity (Wildman–Crippen MR) is 287 cm³/mol. The number of allylic oxidation sites excluding steroid dienone is 3. The maximum Gasteiger partial charge on any atom is 0.327 e. The highest BCUT2D eigenvalue weighted by Gasteiger charge is 2.59. The average molecular weight is 940 g/mol. The predicted octanol–water partition coefficient (Wildman–Crippen LogP) is 19.9. The van der Waals surface area contributed by atoms with Crippen LogP contribution < -0.4 is 0 Å². The lowest BCUT2D eigenvalue weighted by atomic mass is 9.42. The number of carboxylic acid groups (broad SMARTS) is 3. The molecule has 67 heavy (non-hydrogen) atoms. The summed E-state index contributed by atoms with van der Waals surface area (Å²) in [5.41, 5.74) is -0.824. The summed E-state index contributed by atoms with van der Waals surface area (Å²) in [5, 5.41) is 29.7. The second kappa shape index (κ2) is 42.5. The second-order valence-corrected chi connectivity index (χ2v) is 21.6. The van der Waals surface area contributed by atoms with Crippen molar-refractivity contribution in [3.63, 3.8) is 0 Å². The number of hydrogen-bond donors (Lipinski definition) is 3. The van der Waals surface area contributed by atoms with Gasteiger partial charge in [0.05, 0.1) is 0 Å². The maximum absolute atomic E-state index is 12.2. The Hall–Kier alpha value is -2.37. The van der Waals surface area contributed by atoms with E-state index in [0.29, 0.717) is 19.3 Å². The van der Waals surface area contributed by atoms with Crippen molar-refractivity contribution in [2.24, 2.45) is 16.2 Å². The van der Waals surface area contributed by atoms with E-state index in [0.717, 1.165) is 77.0 Å². The molecule has 1 fully saturated rings. The lowest BCUT2D eigenvalue weighted by Gasteiger charge is -2.62. The Balaban J connectivity index is 3.32. The van der Waals surface area contributed by atoms with Crippen molar-refractivity contribution in [1.82, 2.24) is 0 Å². The molecule has 0 saturated heterocycles. The lowest BCUT2D eigenvalue weighted by molar-refractivity contribution is -0.133. The summed E-state index contributed by atoms with van der Waals surface area (Å²) >= 11 is 0. The molecule has 0 aromatic carbocycles. The van der Waals surface area contributed by atoms with Crippen LogP contribution in [-0.4, -0.2) is 33.2 Å². The van der Waals surface area contributed by atoms with E-state index in [9.17, 15) is 29.7 Å². The van der Waals surface area contributed by atoms with Gasteiger partial charge in [-0.1, -0.05) is 283 Å². The number of carboxylic acids is 3. The molecule has 0 spiro atoms. The fourth-order valence-electron chi connectivity index (χ4n) is 12.6. The minimum atomic E-state index is -0.961. The van der Waals surface area contributed by atoms with Crippen molar-refractivity contribution < 1.29 is 29.7 Å². The highest BCUT2D eigenvalue weighted by molar-refractivity contribution is 5.80. The van der Waals surface area contributed by atoms with E-state index in [1.165, 1.54) is 217 Å². The number of aliphatic carboxylic acids is 3. The normalized spacial score (nSPS) is 17.6. The van der Waals surface area contributed by atoms with E-state index in [2.05, 4.69) is 20.8 Å². The van der Waals surface area contributed by atoms with E-state index in [1.807, 2.05) is 18.2 Å². The smallest absolute Gasteiger partial charge is 0.327 e. The van der Waals surface area contributed by atoms with Crippen molar-refractivity contribution in [2.75, 3.05) is 0 Å². The van der Waals surface area contributed by atoms with Crippen molar-refractivity contribution >= 4 is 17.9 Å². The van der Waals surface area contributed by atoms with E-state index in [-0.39, 0.29) is 10.8 Å². The fraction of sp³-hybridized carbons (Fsp3) is 0.852. The van der Waals surface area contributed by atoms with Crippen molar-refractivity contribution in [3.8, 4) is 0 Å². The highest BCUT2D eigenvalue weighted by Crippen LogP contribution is 2.68. The van der Waals surface area contributed by atoms with Crippen LogP contribution in [-0.2, 0) is 14.4 Å². The molecule has 1 rings (SSSR count). The lowest BCUT2D eigenvalue weighted by Crippen LogP contribution is -2.54. The summed E-state index contributed by atoms with van der Waals surface area (Å²) in [6.07, 6.45) is 65.6. The van der Waals surface area contributed by atoms with Gasteiger partial charge in [-0.05, 0) is 67.6 Å². The van der Waals surface area contributed by atoms with Gasteiger partial charge in [0.15, 0.2) is 0 Å². The van der Waals surface area contributed by atoms with Gasteiger partial charge in [0.1, 0.15) is 0 Å². The zero-order valence-corrected chi connectivity index (χ0v) is 44.6. The van der Waals surface area contributed by atoms with Crippen molar-refractivity contribution in [1.29, 1.82) is 0 Å². The average Bonchev–Trinajstić information content (AvgIpc) is 3.35. The second-order valence-electron chi connectivity index (χ2n) is 21.6. The van der Waals surface area contributed by atoms with Crippen LogP contribution in [0.5, 0.6) is 0 Å². The largest absolute Gasteiger partial charge is 0.478 e. The fourth-order valence-corrected chi connectivity index (χ4v) is 12.6. The molecule has 0 bridgehead atoms. The molecule has 390 valence electrons. The molecule has 1 aliphatic carbocycles. The van der Waals surface area contributed by atoms with Crippen LogP contribution in [0.2, 0.25) is 0 Å². The summed E-state index contributed by atoms with van der Waals surface area (Å²) in [6.45, 7) is 6.82. The summed E-state index contributed by atoms with van der Waals surface area (Å²) in [6, 6.07) is 0. The molecular formula is C61H110O6. The van der Waals surface area contributed by atoms with Crippen LogP contribution in [0.3, 0.4) is 0 Å². The molecule has 0 amide bonds. The van der Waals surface area contributed by atoms with Crippen LogP contribution in [0.15, 0.2) is 36.5 Å². The zero-order chi connectivity index (χ0) is 49.0. The molecule has 0 aromatic heterocycles. The maximum atomic E-state index is 12.2. The molecule has 6 heteroatoms. The third kappa shape index (κ3) is 29.4. The molecule has 1 saturated carbocycles. The number of carbonyl (C=O) groups is 3. The highest BCUT2D eigenvalue weighted by atomic mass is 16.4. The Morgan fingerprint density at radius 3 is 0.896 bits per heavy atom. The Kier molecular flexibility index (Phi) is 39.7. The molecule has 1 atom stereocenters. The topological polar surface area (TPSA) is 112 Å². The van der Waals surface area contributed by atoms with E-state index >= 15 is 0 Å². The van der Waals surface area contributed by atoms with E-state index < -0.39 is 23.3 Å². The molecule has 0 heterocycles. The van der Waals surface area contributed by atoms with Crippen LogP contribution in [0, 0.1) is 16.2 Å². The molecule has 0 aromatic rings. The minimum absolute atomic E-state index is 0.0739. The standard InChI is InChI=1S/C61H110O6/c1-4-7-10-12-14-16-18-20-22-24-26-28-30-32-34-38-48-59(49-39-35-33-31-29-27-25-23-21-19-17-15-13-11-8-5-2)50-40-36-37-41-51-60(52-42-45-56(62)63,53-43-46-57(64)65)61(59,54-9-6-3)55-44-47-58(66)67/h42-47H,4-41,48-55H2,1-3H3,(H,62,63)(H,64,65)(H,66,67)/b45-42+,46-43+,47-44+. The number of hydrogen-bond acceptors (Lipinski definition) is 3. The monoisotopic (exact) mass is 939 g/mol. The molecule has 0 radical (unpaired) electrons. The summed E-state index contributed by atoms with van der Waals surface area (Å²) in [5.74, 6) is -2.86. The van der Waals surface area contributed by atoms with Gasteiger partial charge in [0.25, 0.3) is 0 Å². The van der Waals surface area contributed by atoms with Gasteiger partial charge >= 0.3 is 17.9 Å². The van der Waals surface area contributed by atoms with Gasteiger partial charge in [-0.25, -0.2) is 14.4 Å². The summed E-state index contributed by atoms with van der Waals surface area (Å²) in [4.78, 5) is 36.3. The van der Waals surface area contributed by atoms with Crippen LogP contribution in [0.25, 0.3) is 0 Å². The third-order valence-electron chi connectivity index (χ3n) is 16.3. The van der Waals surface area contributed by atoms with Crippen molar-refractivity contribution in [2.45, 2.75) is 316 Å². The SMILES string of the molecule is CCCCCCCCCCCCCCCCCCC1(CCCCCCCCCCCCCCCCCC)CCCCCCC(C/C=C/C(=O)O)(C/C=C/C(=O)O)C1(C/C=C/C(=O)O)CCCC. The number of rotatable bonds is 46. The van der Waals surface area contributed by atoms with Crippen molar-refractivity contribution in [3.05, 3.63) is 36.5 Å². The first-order valence-electron chi connectivity index (χ1n) is 29.3. The number of unbranched alkanes of at least 4 members (excludes halogenated alkanes) is 31. The van der Waals surface area contributed by atoms with Gasteiger partial charge < -0.3 is 15.3 Å². The third-order valence-corrected chi connectivity index (χ3v) is 16.3. The Morgan fingerprint density at radius 2 is 0.597 bits per heavy atom. The van der Waals surface area contributed by atoms with Gasteiger partial charge in [-0.15, -0.1) is 0 Å². The molecule has 1 unspecified atom stereocenters. The Bertz CT molecular complexity index is 1220. The first kappa shape index (κ1) is 62.6.